The van der Waals surface area contributed by atoms with Crippen LogP contribution in [0.25, 0.3) is 0 Å². The molecule has 1 saturated heterocycles. The molecule has 0 radical (unpaired) electrons. The first-order valence-electron chi connectivity index (χ1n) is 7.35. The smallest absolute Gasteiger partial charge is 0.317 e. The second kappa shape index (κ2) is 4.51. The van der Waals surface area contributed by atoms with Gasteiger partial charge in [0.1, 0.15) is 0 Å². The Kier molecular flexibility index (Phi) is 3.01. The van der Waals surface area contributed by atoms with Gasteiger partial charge in [0.2, 0.25) is 0 Å². The maximum atomic E-state index is 12.0. The monoisotopic (exact) mass is 236 g/mol. The summed E-state index contributed by atoms with van der Waals surface area (Å²) < 4.78 is 0. The number of likely N-dealkylation sites (tertiary alicyclic amines) is 1. The van der Waals surface area contributed by atoms with E-state index in [2.05, 4.69) is 17.1 Å². The number of nitrogens with one attached hydrogen (secondary N) is 1. The van der Waals surface area contributed by atoms with Gasteiger partial charge < -0.3 is 10.2 Å². The number of hydrogen-bond acceptors (Lipinski definition) is 1. The lowest BCUT2D eigenvalue weighted by Gasteiger charge is -2.50. The van der Waals surface area contributed by atoms with Crippen molar-refractivity contribution in [2.45, 2.75) is 51.5 Å². The van der Waals surface area contributed by atoms with Crippen LogP contribution in [0.1, 0.15) is 45.4 Å². The molecule has 0 aromatic carbocycles. The van der Waals surface area contributed by atoms with Gasteiger partial charge in [-0.05, 0) is 37.5 Å². The van der Waals surface area contributed by atoms with Crippen LogP contribution in [0.15, 0.2) is 0 Å². The average Bonchev–Trinajstić information content (AvgIpc) is 2.80. The largest absolute Gasteiger partial charge is 0.338 e. The van der Waals surface area contributed by atoms with Crippen molar-refractivity contribution in [1.82, 2.24) is 10.2 Å². The molecule has 17 heavy (non-hydrogen) atoms. The molecule has 1 N–H and O–H groups in total. The van der Waals surface area contributed by atoms with E-state index in [4.69, 9.17) is 0 Å². The molecule has 3 aliphatic rings. The fourth-order valence-electron chi connectivity index (χ4n) is 4.22. The fraction of sp³-hybridized carbons (Fsp3) is 0.929. The molecule has 2 saturated carbocycles. The predicted octanol–water partition coefficient (Wildman–Crippen LogP) is 2.62. The van der Waals surface area contributed by atoms with Crippen LogP contribution in [0.3, 0.4) is 0 Å². The molecule has 2 amide bonds. The third-order valence-electron chi connectivity index (χ3n) is 5.13. The molecule has 1 aliphatic heterocycles. The van der Waals surface area contributed by atoms with Crippen LogP contribution in [-0.2, 0) is 0 Å². The number of amides is 2. The molecule has 0 spiro atoms. The van der Waals surface area contributed by atoms with Gasteiger partial charge in [0.05, 0.1) is 0 Å². The van der Waals surface area contributed by atoms with E-state index in [1.54, 1.807) is 0 Å². The zero-order valence-electron chi connectivity index (χ0n) is 10.8. The number of fused-ring (bicyclic) bond motifs is 5. The van der Waals surface area contributed by atoms with E-state index in [9.17, 15) is 4.79 Å². The molecule has 0 aromatic rings. The maximum absolute atomic E-state index is 12.0. The molecule has 4 atom stereocenters. The molecule has 2 aliphatic carbocycles. The Bertz CT molecular complexity index is 303. The molecule has 3 nitrogen and oxygen atoms in total. The van der Waals surface area contributed by atoms with E-state index in [-0.39, 0.29) is 6.03 Å². The Morgan fingerprint density at radius 2 is 2.12 bits per heavy atom. The van der Waals surface area contributed by atoms with Crippen molar-refractivity contribution in [2.24, 2.45) is 17.8 Å². The highest BCUT2D eigenvalue weighted by atomic mass is 16.2. The summed E-state index contributed by atoms with van der Waals surface area (Å²) in [5.74, 6) is 2.64. The highest BCUT2D eigenvalue weighted by molar-refractivity contribution is 5.75. The minimum Gasteiger partial charge on any atom is -0.338 e. The van der Waals surface area contributed by atoms with Crippen molar-refractivity contribution in [2.75, 3.05) is 13.1 Å². The van der Waals surface area contributed by atoms with Gasteiger partial charge in [-0.25, -0.2) is 4.79 Å². The number of rotatable bonds is 4. The van der Waals surface area contributed by atoms with Crippen molar-refractivity contribution >= 4 is 6.03 Å². The second-order valence-electron chi connectivity index (χ2n) is 6.08. The third-order valence-corrected chi connectivity index (χ3v) is 5.13. The summed E-state index contributed by atoms with van der Waals surface area (Å²) in [5, 5.41) is 3.08. The van der Waals surface area contributed by atoms with E-state index in [0.29, 0.717) is 6.04 Å². The van der Waals surface area contributed by atoms with Gasteiger partial charge in [-0.1, -0.05) is 19.8 Å². The quantitative estimate of drug-likeness (QED) is 0.748. The summed E-state index contributed by atoms with van der Waals surface area (Å²) in [6.45, 7) is 4.08. The highest BCUT2D eigenvalue weighted by Gasteiger charge is 2.57. The molecule has 3 fully saturated rings. The molecule has 1 heterocycles. The first-order chi connectivity index (χ1) is 8.31. The second-order valence-corrected chi connectivity index (χ2v) is 6.08. The normalized spacial score (nSPS) is 37.8. The number of nitrogens with zero attached hydrogens (tertiary/aromatic N) is 1. The molecule has 0 aromatic heterocycles. The van der Waals surface area contributed by atoms with Crippen LogP contribution < -0.4 is 5.32 Å². The zero-order valence-corrected chi connectivity index (χ0v) is 10.8. The molecule has 0 unspecified atom stereocenters. The van der Waals surface area contributed by atoms with Gasteiger partial charge in [-0.2, -0.15) is 0 Å². The van der Waals surface area contributed by atoms with E-state index < -0.39 is 0 Å². The van der Waals surface area contributed by atoms with Gasteiger partial charge in [0.25, 0.3) is 0 Å². The standard InChI is InChI=1S/C14H24N2O/c1-2-3-4-7-15-14(17)16-9-12-10-5-6-11(8-10)13(12)16/h10-13H,2-9H2,1H3,(H,15,17)/t10-,11-,12+,13-/m0/s1. The number of carbonyl (C=O) groups is 1. The number of unbranched alkanes of at least 4 members (excludes halogenated alkanes) is 2. The SMILES string of the molecule is CCCCCNC(=O)N1C[C@@H]2[C@H]3CC[C@@H](C3)[C@@H]21. The summed E-state index contributed by atoms with van der Waals surface area (Å²) in [6.07, 6.45) is 7.75. The van der Waals surface area contributed by atoms with Gasteiger partial charge in [-0.15, -0.1) is 0 Å². The first kappa shape index (κ1) is 11.4. The summed E-state index contributed by atoms with van der Waals surface area (Å²) in [4.78, 5) is 14.1. The van der Waals surface area contributed by atoms with Crippen molar-refractivity contribution in [3.63, 3.8) is 0 Å². The minimum absolute atomic E-state index is 0.204. The van der Waals surface area contributed by atoms with Gasteiger partial charge in [0, 0.05) is 25.0 Å². The molecule has 2 bridgehead atoms. The van der Waals surface area contributed by atoms with E-state index in [0.717, 1.165) is 37.3 Å². The number of carbonyl (C=O) groups excluding carboxylic acids is 1. The average molecular weight is 236 g/mol. The first-order valence-corrected chi connectivity index (χ1v) is 7.35. The summed E-state index contributed by atoms with van der Waals surface area (Å²) in [7, 11) is 0. The summed E-state index contributed by atoms with van der Waals surface area (Å²) in [5.41, 5.74) is 0. The fourth-order valence-corrected chi connectivity index (χ4v) is 4.22. The molecular weight excluding hydrogens is 212 g/mol. The molecular formula is C14H24N2O. The van der Waals surface area contributed by atoms with E-state index in [1.807, 2.05) is 0 Å². The number of urea groups is 1. The third kappa shape index (κ3) is 1.84. The lowest BCUT2D eigenvalue weighted by Crippen LogP contribution is -2.63. The Morgan fingerprint density at radius 1 is 1.29 bits per heavy atom. The van der Waals surface area contributed by atoms with Gasteiger partial charge in [0.15, 0.2) is 0 Å². The Balaban J connectivity index is 1.45. The van der Waals surface area contributed by atoms with Gasteiger partial charge in [-0.3, -0.25) is 0 Å². The van der Waals surface area contributed by atoms with Crippen LogP contribution in [0.2, 0.25) is 0 Å². The zero-order chi connectivity index (χ0) is 11.8. The van der Waals surface area contributed by atoms with Crippen molar-refractivity contribution < 1.29 is 4.79 Å². The lowest BCUT2D eigenvalue weighted by molar-refractivity contribution is 0.0123. The Hall–Kier alpha value is -0.730. The lowest BCUT2D eigenvalue weighted by atomic mass is 9.77. The molecule has 96 valence electrons. The summed E-state index contributed by atoms with van der Waals surface area (Å²) >= 11 is 0. The van der Waals surface area contributed by atoms with Crippen molar-refractivity contribution in [3.05, 3.63) is 0 Å². The minimum atomic E-state index is 0.204. The topological polar surface area (TPSA) is 32.3 Å². The van der Waals surface area contributed by atoms with Crippen LogP contribution in [-0.4, -0.2) is 30.1 Å². The van der Waals surface area contributed by atoms with Crippen molar-refractivity contribution in [3.8, 4) is 0 Å². The van der Waals surface area contributed by atoms with E-state index in [1.165, 1.54) is 32.1 Å². The maximum Gasteiger partial charge on any atom is 0.317 e. The van der Waals surface area contributed by atoms with E-state index >= 15 is 0 Å². The van der Waals surface area contributed by atoms with Crippen LogP contribution in [0.5, 0.6) is 0 Å². The Labute approximate surface area is 104 Å². The van der Waals surface area contributed by atoms with Crippen LogP contribution in [0, 0.1) is 17.8 Å². The predicted molar refractivity (Wildman–Crippen MR) is 67.7 cm³/mol. The number of hydrogen-bond donors (Lipinski definition) is 1. The van der Waals surface area contributed by atoms with Crippen molar-refractivity contribution in [1.29, 1.82) is 0 Å². The molecule has 3 heteroatoms. The van der Waals surface area contributed by atoms with Crippen LogP contribution >= 0.6 is 0 Å². The molecule has 3 rings (SSSR count). The Morgan fingerprint density at radius 3 is 2.88 bits per heavy atom. The summed E-state index contributed by atoms with van der Waals surface area (Å²) in [6, 6.07) is 0.815. The van der Waals surface area contributed by atoms with Gasteiger partial charge >= 0.3 is 6.03 Å². The highest BCUT2D eigenvalue weighted by Crippen LogP contribution is 2.55. The van der Waals surface area contributed by atoms with Crippen LogP contribution in [0.4, 0.5) is 4.79 Å².